The van der Waals surface area contributed by atoms with Gasteiger partial charge < -0.3 is 60.0 Å². The van der Waals surface area contributed by atoms with E-state index in [4.69, 9.17) is 58.7 Å². The Balaban J connectivity index is 0.812. The van der Waals surface area contributed by atoms with Crippen LogP contribution in [-0.2, 0) is 29.2 Å². The average Bonchev–Trinajstić information content (AvgIpc) is 1.50. The highest BCUT2D eigenvalue weighted by atomic mass is 35.5. The number of phenols is 1. The predicted octanol–water partition coefficient (Wildman–Crippen LogP) is 11.3. The fraction of sp³-hybridized carbons (Fsp3) is 0.422. The number of hydrogen-bond donors (Lipinski definition) is 5. The van der Waals surface area contributed by atoms with Gasteiger partial charge in [-0.15, -0.1) is 0 Å². The molecule has 0 unspecified atom stereocenters. The van der Waals surface area contributed by atoms with Crippen LogP contribution in [0.4, 0.5) is 39.8 Å². The molecule has 19 nitrogen and oxygen atoms in total. The van der Waals surface area contributed by atoms with Gasteiger partial charge >= 0.3 is 6.09 Å². The van der Waals surface area contributed by atoms with Gasteiger partial charge in [0.15, 0.2) is 5.82 Å². The molecule has 0 bridgehead atoms. The first-order valence-corrected chi connectivity index (χ1v) is 30.2. The number of nitrogens with zero attached hydrogens (tertiary/aromatic N) is 6. The van der Waals surface area contributed by atoms with Gasteiger partial charge in [0, 0.05) is 98.3 Å². The number of phenolic OH excluding ortho intramolecular Hbond substituents is 1. The average molecular weight is 1310 g/mol. The molecule has 0 spiro atoms. The van der Waals surface area contributed by atoms with E-state index in [9.17, 15) is 29.5 Å². The largest absolute Gasteiger partial charge is 0.507 e. The van der Waals surface area contributed by atoms with Crippen molar-refractivity contribution in [3.8, 4) is 28.7 Å². The number of carbonyl (C=O) groups is 4. The number of hydrogen-bond acceptors (Lipinski definition) is 15. The van der Waals surface area contributed by atoms with E-state index in [0.29, 0.717) is 0 Å². The summed E-state index contributed by atoms with van der Waals surface area (Å²) in [4.78, 5) is 68.0. The Labute approximate surface area is 534 Å². The number of nitriles is 1. The Morgan fingerprint density at radius 1 is 0.833 bits per heavy atom. The zero-order valence-corrected chi connectivity index (χ0v) is 53.2. The molecular weight excluding hydrogens is 1240 g/mol. The molecule has 3 heterocycles. The Kier molecular flexibility index (Phi) is 22.0. The number of ether oxygens (including phenoxy) is 4. The summed E-state index contributed by atoms with van der Waals surface area (Å²) in [6.07, 6.45) is -0.233. The molecule has 8 rings (SSSR count). The van der Waals surface area contributed by atoms with Crippen LogP contribution in [0.25, 0.3) is 22.0 Å². The van der Waals surface area contributed by atoms with Crippen molar-refractivity contribution in [3.05, 3.63) is 134 Å². The summed E-state index contributed by atoms with van der Waals surface area (Å²) in [6, 6.07) is 17.6. The normalized spacial score (nSPS) is 17.6. The minimum atomic E-state index is -1.85. The van der Waals surface area contributed by atoms with Gasteiger partial charge in [-0.25, -0.2) is 27.3 Å². The van der Waals surface area contributed by atoms with Crippen LogP contribution < -0.4 is 30.9 Å². The molecule has 4 amide bonds. The number of aromatic nitrogens is 2. The second-order valence-electron chi connectivity index (χ2n) is 24.0. The van der Waals surface area contributed by atoms with Crippen molar-refractivity contribution in [3.63, 3.8) is 0 Å². The smallest absolute Gasteiger partial charge is 0.410 e. The van der Waals surface area contributed by atoms with Crippen LogP contribution in [-0.4, -0.2) is 153 Å². The van der Waals surface area contributed by atoms with Crippen LogP contribution in [0.2, 0.25) is 15.1 Å². The Morgan fingerprint density at radius 3 is 2.21 bits per heavy atom. The van der Waals surface area contributed by atoms with E-state index in [0.717, 1.165) is 12.1 Å². The third-order valence-electron chi connectivity index (χ3n) is 15.3. The van der Waals surface area contributed by atoms with E-state index in [1.807, 2.05) is 25.7 Å². The lowest BCUT2D eigenvalue weighted by Crippen LogP contribution is -2.50. The second-order valence-corrected chi connectivity index (χ2v) is 25.2. The van der Waals surface area contributed by atoms with Crippen LogP contribution in [0.3, 0.4) is 0 Å². The fourth-order valence-electron chi connectivity index (χ4n) is 11.1. The first kappa shape index (κ1) is 68.2. The van der Waals surface area contributed by atoms with E-state index in [1.54, 1.807) is 32.7 Å². The molecule has 2 aliphatic heterocycles. The molecule has 90 heavy (non-hydrogen) atoms. The summed E-state index contributed by atoms with van der Waals surface area (Å²) in [7, 11) is 2.96. The fourth-order valence-corrected chi connectivity index (χ4v) is 11.7. The van der Waals surface area contributed by atoms with Gasteiger partial charge in [-0.3, -0.25) is 14.4 Å². The lowest BCUT2D eigenvalue weighted by molar-refractivity contribution is -0.130. The number of piperazine rings is 1. The summed E-state index contributed by atoms with van der Waals surface area (Å²) in [6.45, 7) is 13.2. The minimum Gasteiger partial charge on any atom is -0.507 e. The lowest BCUT2D eigenvalue weighted by atomic mass is 9.62. The third-order valence-corrected chi connectivity index (χ3v) is 16.1. The number of likely N-dealkylation sites (N-methyl/N-ethyl adjacent to an activating group) is 1. The molecule has 1 aromatic heterocycles. The molecule has 26 heteroatoms. The summed E-state index contributed by atoms with van der Waals surface area (Å²) < 4.78 is 86.6. The van der Waals surface area contributed by atoms with Crippen molar-refractivity contribution >= 4 is 87.0 Å². The highest BCUT2D eigenvalue weighted by Gasteiger charge is 2.61. The van der Waals surface area contributed by atoms with Crippen LogP contribution >= 0.6 is 34.8 Å². The van der Waals surface area contributed by atoms with Gasteiger partial charge in [0.2, 0.25) is 17.8 Å². The standard InChI is InChI=1S/C64H71Cl3F4N10O9/c1-62(2,3)34-48-64(35-72,40-17-16-37(65)32-44(40)69)52(38-11-9-12-41(66)53(38)70)56(76-48)59(85)75-45-18-15-36(31-47(45)87-8)58(84)73-21-27-88-29-30-89-28-26-79(7)49(83)19-20-74-60-77-55-39(33-42(67)50(54(55)71)51-43(68)13-10-14-46(51)82)57(78-60)80-22-24-81(25-23-80)61(86)90-63(4,5)6/h9-18,31-33,48,52,56,76,82H,19-30,34H2,1-8H3,(H,73,84)(H,75,85)(H,74,77,78)/t48-,52-,56+,64-/m0/s1. The highest BCUT2D eigenvalue weighted by Crippen LogP contribution is 2.53. The summed E-state index contributed by atoms with van der Waals surface area (Å²) in [5.41, 5.74) is -3.87. The number of carbonyl (C=O) groups excluding carboxylic acids is 4. The predicted molar refractivity (Wildman–Crippen MR) is 336 cm³/mol. The first-order valence-electron chi connectivity index (χ1n) is 29.0. The molecule has 5 N–H and O–H groups in total. The zero-order valence-electron chi connectivity index (χ0n) is 51.0. The lowest BCUT2D eigenvalue weighted by Gasteiger charge is -2.37. The van der Waals surface area contributed by atoms with Gasteiger partial charge in [-0.2, -0.15) is 10.2 Å². The number of methoxy groups -OCH3 is 1. The van der Waals surface area contributed by atoms with Gasteiger partial charge in [-0.1, -0.05) is 79.8 Å². The molecular formula is C64H71Cl3F4N10O9. The second kappa shape index (κ2) is 29.1. The Bertz CT molecular complexity index is 3670. The van der Waals surface area contributed by atoms with Crippen molar-refractivity contribution in [1.82, 2.24) is 30.4 Å². The number of anilines is 3. The van der Waals surface area contributed by atoms with Crippen LogP contribution in [0, 0.1) is 40.0 Å². The number of aromatic hydroxyl groups is 1. The van der Waals surface area contributed by atoms with Crippen molar-refractivity contribution in [2.24, 2.45) is 5.41 Å². The molecule has 5 aromatic carbocycles. The van der Waals surface area contributed by atoms with E-state index in [1.165, 1.54) is 78.7 Å². The van der Waals surface area contributed by atoms with Gasteiger partial charge in [0.05, 0.1) is 66.9 Å². The van der Waals surface area contributed by atoms with E-state index in [-0.39, 0.29) is 157 Å². The molecule has 0 saturated carbocycles. The first-order chi connectivity index (χ1) is 42.7. The SMILES string of the molecule is COc1cc(C(=O)NCCOCCOCCN(C)C(=O)CCNc2nc(N3CCN(C(=O)OC(C)(C)C)CC3)c3cc(Cl)c(-c4c(O)cccc4F)c(F)c3n2)ccc1NC(=O)[C@@H]1N[C@@H](CC(C)(C)C)[C@](C#N)(c2ccc(Cl)cc2F)[C@H]1c1cccc(Cl)c1F. The van der Waals surface area contributed by atoms with Gasteiger partial charge in [0.1, 0.15) is 51.3 Å². The molecule has 6 aromatic rings. The van der Waals surface area contributed by atoms with Gasteiger partial charge in [0.25, 0.3) is 5.91 Å². The molecule has 2 fully saturated rings. The van der Waals surface area contributed by atoms with Crippen molar-refractivity contribution < 1.29 is 60.8 Å². The minimum absolute atomic E-state index is 0.0193. The van der Waals surface area contributed by atoms with Crippen molar-refractivity contribution in [2.75, 3.05) is 102 Å². The summed E-state index contributed by atoms with van der Waals surface area (Å²) >= 11 is 19.1. The van der Waals surface area contributed by atoms with Crippen LogP contribution in [0.5, 0.6) is 11.5 Å². The molecule has 480 valence electrons. The zero-order chi connectivity index (χ0) is 65.4. The maximum absolute atomic E-state index is 16.7. The van der Waals surface area contributed by atoms with Crippen molar-refractivity contribution in [1.29, 1.82) is 5.26 Å². The molecule has 0 radical (unpaired) electrons. The van der Waals surface area contributed by atoms with E-state index in [2.05, 4.69) is 32.3 Å². The topological polar surface area (TPSA) is 233 Å². The van der Waals surface area contributed by atoms with Crippen LogP contribution in [0.15, 0.2) is 78.9 Å². The van der Waals surface area contributed by atoms with E-state index < -0.39 is 92.5 Å². The number of rotatable bonds is 22. The number of amides is 4. The maximum Gasteiger partial charge on any atom is 0.410 e. The maximum atomic E-state index is 16.7. The number of fused-ring (bicyclic) bond motifs is 1. The molecule has 0 aliphatic carbocycles. The monoisotopic (exact) mass is 1300 g/mol. The van der Waals surface area contributed by atoms with Crippen LogP contribution in [0.1, 0.15) is 81.8 Å². The Morgan fingerprint density at radius 2 is 1.54 bits per heavy atom. The van der Waals surface area contributed by atoms with Gasteiger partial charge in [-0.05, 0) is 92.8 Å². The molecule has 2 aliphatic rings. The number of halogens is 7. The highest BCUT2D eigenvalue weighted by molar-refractivity contribution is 6.34. The Hall–Kier alpha value is -7.72. The third kappa shape index (κ3) is 15.7. The van der Waals surface area contributed by atoms with E-state index >= 15 is 17.6 Å². The summed E-state index contributed by atoms with van der Waals surface area (Å²) in [5, 5.41) is 33.5. The van der Waals surface area contributed by atoms with Crippen molar-refractivity contribution in [2.45, 2.75) is 83.4 Å². The summed E-state index contributed by atoms with van der Waals surface area (Å²) in [5.74, 6) is -6.49. The molecule has 2 saturated heterocycles. The quantitative estimate of drug-likeness (QED) is 0.0314. The number of benzene rings is 5. The molecule has 4 atom stereocenters. The number of nitrogens with one attached hydrogen (secondary N) is 4.